The van der Waals surface area contributed by atoms with Crippen LogP contribution >= 0.6 is 31.9 Å². The van der Waals surface area contributed by atoms with Crippen LogP contribution in [-0.2, 0) is 0 Å². The molecule has 0 aliphatic heterocycles. The minimum atomic E-state index is -1.04. The van der Waals surface area contributed by atoms with Crippen molar-refractivity contribution in [1.29, 1.82) is 0 Å². The van der Waals surface area contributed by atoms with Crippen molar-refractivity contribution in [3.8, 4) is 0 Å². The second kappa shape index (κ2) is 5.33. The Labute approximate surface area is 121 Å². The number of hydrogen-bond acceptors (Lipinski definition) is 2. The highest BCUT2D eigenvalue weighted by atomic mass is 79.9. The van der Waals surface area contributed by atoms with E-state index in [-0.39, 0.29) is 8.95 Å². The van der Waals surface area contributed by atoms with Crippen molar-refractivity contribution in [2.45, 2.75) is 0 Å². The molecule has 9 heteroatoms. The van der Waals surface area contributed by atoms with E-state index in [0.717, 1.165) is 12.3 Å². The van der Waals surface area contributed by atoms with Gasteiger partial charge >= 0.3 is 0 Å². The van der Waals surface area contributed by atoms with Crippen LogP contribution in [0.1, 0.15) is 10.5 Å². The molecule has 0 saturated carbocycles. The number of carbonyl (C=O) groups excluding carboxylic acids is 1. The van der Waals surface area contributed by atoms with Crippen molar-refractivity contribution in [3.63, 3.8) is 0 Å². The molecule has 0 bridgehead atoms. The number of rotatable bonds is 2. The molecule has 4 nitrogen and oxygen atoms in total. The standard InChI is InChI=1S/C10H4Br2F3N3O/c11-3-1-4(12)7(15)9(6(3)14)17-10(19)8-5(13)2-16-18-8/h1-2H,(H,16,18)(H,17,19). The van der Waals surface area contributed by atoms with Crippen LogP contribution < -0.4 is 5.32 Å². The second-order valence-corrected chi connectivity index (χ2v) is 5.10. The van der Waals surface area contributed by atoms with E-state index in [1.54, 1.807) is 0 Å². The number of benzene rings is 1. The van der Waals surface area contributed by atoms with Crippen molar-refractivity contribution >= 4 is 43.5 Å². The Hall–Kier alpha value is -1.35. The van der Waals surface area contributed by atoms with E-state index in [4.69, 9.17) is 0 Å². The van der Waals surface area contributed by atoms with Crippen molar-refractivity contribution < 1.29 is 18.0 Å². The van der Waals surface area contributed by atoms with E-state index in [9.17, 15) is 18.0 Å². The third kappa shape index (κ3) is 2.66. The molecule has 0 radical (unpaired) electrons. The predicted molar refractivity (Wildman–Crippen MR) is 68.3 cm³/mol. The molecule has 19 heavy (non-hydrogen) atoms. The molecule has 2 rings (SSSR count). The van der Waals surface area contributed by atoms with Crippen LogP contribution in [0.5, 0.6) is 0 Å². The highest BCUT2D eigenvalue weighted by Crippen LogP contribution is 2.32. The lowest BCUT2D eigenvalue weighted by atomic mass is 10.2. The molecule has 0 aliphatic rings. The van der Waals surface area contributed by atoms with Gasteiger partial charge < -0.3 is 5.32 Å². The highest BCUT2D eigenvalue weighted by Gasteiger charge is 2.21. The van der Waals surface area contributed by atoms with E-state index in [2.05, 4.69) is 42.1 Å². The van der Waals surface area contributed by atoms with E-state index in [1.807, 2.05) is 5.32 Å². The molecule has 1 amide bonds. The zero-order chi connectivity index (χ0) is 14.2. The van der Waals surface area contributed by atoms with Gasteiger partial charge in [0.2, 0.25) is 0 Å². The van der Waals surface area contributed by atoms with E-state index >= 15 is 0 Å². The summed E-state index contributed by atoms with van der Waals surface area (Å²) in [7, 11) is 0. The molecule has 0 atom stereocenters. The van der Waals surface area contributed by atoms with Gasteiger partial charge in [0.15, 0.2) is 23.1 Å². The maximum atomic E-state index is 13.7. The summed E-state index contributed by atoms with van der Waals surface area (Å²) < 4.78 is 40.4. The summed E-state index contributed by atoms with van der Waals surface area (Å²) in [6.45, 7) is 0. The SMILES string of the molecule is O=C(Nc1c(F)c(Br)cc(Br)c1F)c1[nH]ncc1F. The second-order valence-electron chi connectivity index (χ2n) is 3.39. The lowest BCUT2D eigenvalue weighted by Gasteiger charge is -2.09. The monoisotopic (exact) mass is 397 g/mol. The number of aromatic amines is 1. The summed E-state index contributed by atoms with van der Waals surface area (Å²) in [5.74, 6) is -3.98. The fourth-order valence-electron chi connectivity index (χ4n) is 1.29. The molecule has 1 aromatic heterocycles. The maximum absolute atomic E-state index is 13.7. The smallest absolute Gasteiger partial charge is 0.276 e. The van der Waals surface area contributed by atoms with Gasteiger partial charge in [0, 0.05) is 0 Å². The van der Waals surface area contributed by atoms with Gasteiger partial charge in [-0.25, -0.2) is 13.2 Å². The van der Waals surface area contributed by atoms with Crippen LogP contribution in [0.3, 0.4) is 0 Å². The number of nitrogens with zero attached hydrogens (tertiary/aromatic N) is 1. The molecule has 2 aromatic rings. The fraction of sp³-hybridized carbons (Fsp3) is 0. The fourth-order valence-corrected chi connectivity index (χ4v) is 2.45. The summed E-state index contributed by atoms with van der Waals surface area (Å²) in [5.41, 5.74) is -1.21. The Kier molecular flexibility index (Phi) is 3.95. The lowest BCUT2D eigenvalue weighted by molar-refractivity contribution is 0.101. The van der Waals surface area contributed by atoms with Crippen molar-refractivity contribution in [3.05, 3.63) is 44.4 Å². The Morgan fingerprint density at radius 3 is 2.26 bits per heavy atom. The van der Waals surface area contributed by atoms with Gasteiger partial charge in [0.25, 0.3) is 5.91 Å². The van der Waals surface area contributed by atoms with Crippen LogP contribution in [0.2, 0.25) is 0 Å². The molecular weight excluding hydrogens is 395 g/mol. The molecule has 2 N–H and O–H groups in total. The van der Waals surface area contributed by atoms with E-state index in [1.165, 1.54) is 0 Å². The predicted octanol–water partition coefficient (Wildman–Crippen LogP) is 3.60. The maximum Gasteiger partial charge on any atom is 0.276 e. The van der Waals surface area contributed by atoms with Crippen molar-refractivity contribution in [1.82, 2.24) is 10.2 Å². The average Bonchev–Trinajstić information content (AvgIpc) is 2.78. The van der Waals surface area contributed by atoms with Gasteiger partial charge in [0.05, 0.1) is 15.1 Å². The van der Waals surface area contributed by atoms with Crippen molar-refractivity contribution in [2.75, 3.05) is 5.32 Å². The van der Waals surface area contributed by atoms with Crippen LogP contribution in [-0.4, -0.2) is 16.1 Å². The lowest BCUT2D eigenvalue weighted by Crippen LogP contribution is -2.16. The number of H-pyrrole nitrogens is 1. The van der Waals surface area contributed by atoms with Gasteiger partial charge in [-0.3, -0.25) is 9.89 Å². The van der Waals surface area contributed by atoms with Gasteiger partial charge in [-0.1, -0.05) is 0 Å². The molecule has 0 spiro atoms. The van der Waals surface area contributed by atoms with E-state index in [0.29, 0.717) is 0 Å². The topological polar surface area (TPSA) is 57.8 Å². The highest BCUT2D eigenvalue weighted by molar-refractivity contribution is 9.11. The molecule has 100 valence electrons. The summed E-state index contributed by atoms with van der Waals surface area (Å²) in [5, 5.41) is 7.33. The number of hydrogen-bond donors (Lipinski definition) is 2. The molecule has 1 aromatic carbocycles. The Morgan fingerprint density at radius 2 is 1.79 bits per heavy atom. The average molecular weight is 399 g/mol. The summed E-state index contributed by atoms with van der Waals surface area (Å²) in [6.07, 6.45) is 0.776. The molecule has 0 aliphatic carbocycles. The largest absolute Gasteiger partial charge is 0.316 e. The van der Waals surface area contributed by atoms with Crippen LogP contribution in [0.25, 0.3) is 0 Å². The zero-order valence-corrected chi connectivity index (χ0v) is 12.1. The van der Waals surface area contributed by atoms with Crippen LogP contribution in [0.4, 0.5) is 18.9 Å². The first-order chi connectivity index (χ1) is 8.91. The number of aromatic nitrogens is 2. The normalized spacial score (nSPS) is 10.6. The van der Waals surface area contributed by atoms with Gasteiger partial charge in [-0.05, 0) is 37.9 Å². The first kappa shape index (κ1) is 14.1. The first-order valence-electron chi connectivity index (χ1n) is 4.75. The van der Waals surface area contributed by atoms with Crippen molar-refractivity contribution in [2.24, 2.45) is 0 Å². The first-order valence-corrected chi connectivity index (χ1v) is 6.33. The zero-order valence-electron chi connectivity index (χ0n) is 8.90. The number of carbonyl (C=O) groups is 1. The Morgan fingerprint density at radius 1 is 1.21 bits per heavy atom. The Balaban J connectivity index is 2.40. The third-order valence-corrected chi connectivity index (χ3v) is 3.32. The molecular formula is C10H4Br2F3N3O. The van der Waals surface area contributed by atoms with Crippen LogP contribution in [0, 0.1) is 17.5 Å². The number of anilines is 1. The van der Waals surface area contributed by atoms with Gasteiger partial charge in [0.1, 0.15) is 5.69 Å². The summed E-state index contributed by atoms with van der Waals surface area (Å²) in [6, 6.07) is 1.15. The van der Waals surface area contributed by atoms with Gasteiger partial charge in [-0.15, -0.1) is 0 Å². The Bertz CT molecular complexity index is 633. The number of halogens is 5. The number of nitrogens with one attached hydrogen (secondary N) is 2. The third-order valence-electron chi connectivity index (χ3n) is 2.17. The minimum Gasteiger partial charge on any atom is -0.316 e. The quantitative estimate of drug-likeness (QED) is 0.759. The van der Waals surface area contributed by atoms with E-state index < -0.39 is 34.7 Å². The minimum absolute atomic E-state index is 0.0545. The molecule has 0 unspecified atom stereocenters. The van der Waals surface area contributed by atoms with Crippen LogP contribution in [0.15, 0.2) is 21.2 Å². The molecule has 1 heterocycles. The van der Waals surface area contributed by atoms with Gasteiger partial charge in [-0.2, -0.15) is 5.10 Å². The number of amides is 1. The summed E-state index contributed by atoms with van der Waals surface area (Å²) >= 11 is 5.73. The molecule has 0 fully saturated rings. The summed E-state index contributed by atoms with van der Waals surface area (Å²) in [4.78, 5) is 11.6. The molecule has 0 saturated heterocycles.